The van der Waals surface area contributed by atoms with Gasteiger partial charge in [0.1, 0.15) is 24.7 Å². The van der Waals surface area contributed by atoms with Crippen molar-refractivity contribution in [1.29, 1.82) is 0 Å². The summed E-state index contributed by atoms with van der Waals surface area (Å²) in [7, 11) is 4.16. The molecule has 1 aromatic carbocycles. The Bertz CT molecular complexity index is 686. The van der Waals surface area contributed by atoms with Crippen molar-refractivity contribution >= 4 is 0 Å². The zero-order chi connectivity index (χ0) is 19.8. The average Bonchev–Trinajstić information content (AvgIpc) is 3.20. The van der Waals surface area contributed by atoms with Crippen molar-refractivity contribution in [2.75, 3.05) is 27.2 Å². The predicted octanol–water partition coefficient (Wildman–Crippen LogP) is 3.31. The smallest absolute Gasteiger partial charge is 0.124 e. The van der Waals surface area contributed by atoms with Crippen LogP contribution in [0.5, 0.6) is 5.75 Å². The maximum absolute atomic E-state index is 10.4. The highest BCUT2D eigenvalue weighted by Crippen LogP contribution is 2.22. The molecule has 3 rings (SSSR count). The maximum atomic E-state index is 10.4. The molecule has 0 spiro atoms. The first kappa shape index (κ1) is 20.8. The third-order valence-electron chi connectivity index (χ3n) is 5.41. The third kappa shape index (κ3) is 6.62. The van der Waals surface area contributed by atoms with Crippen LogP contribution < -0.4 is 4.74 Å². The molecule has 0 radical (unpaired) electrons. The molecule has 0 saturated heterocycles. The van der Waals surface area contributed by atoms with E-state index in [2.05, 4.69) is 28.1 Å². The number of ether oxygens (including phenoxy) is 1. The first-order valence-corrected chi connectivity index (χ1v) is 10.3. The fraction of sp³-hybridized carbons (Fsp3) is 0.591. The van der Waals surface area contributed by atoms with Gasteiger partial charge >= 0.3 is 0 Å². The molecular weight excluding hydrogens is 354 g/mol. The number of benzene rings is 1. The molecule has 1 saturated carbocycles. The van der Waals surface area contributed by atoms with Gasteiger partial charge in [-0.15, -0.1) is 0 Å². The van der Waals surface area contributed by atoms with Crippen LogP contribution in [0.3, 0.4) is 0 Å². The summed E-state index contributed by atoms with van der Waals surface area (Å²) in [5.41, 5.74) is 2.08. The van der Waals surface area contributed by atoms with Gasteiger partial charge in [0.05, 0.1) is 5.69 Å². The molecule has 1 heterocycles. The van der Waals surface area contributed by atoms with Crippen molar-refractivity contribution in [3.05, 3.63) is 47.9 Å². The molecule has 154 valence electrons. The molecule has 0 amide bonds. The summed E-state index contributed by atoms with van der Waals surface area (Å²) >= 11 is 0. The van der Waals surface area contributed by atoms with Crippen LogP contribution in [0.1, 0.15) is 43.4 Å². The van der Waals surface area contributed by atoms with Crippen LogP contribution in [0.15, 0.2) is 41.1 Å². The van der Waals surface area contributed by atoms with Crippen molar-refractivity contribution in [3.63, 3.8) is 0 Å². The van der Waals surface area contributed by atoms with Crippen LogP contribution in [-0.2, 0) is 13.1 Å². The van der Waals surface area contributed by atoms with E-state index in [4.69, 9.17) is 9.26 Å². The molecule has 1 aliphatic rings. The molecule has 1 aromatic heterocycles. The Morgan fingerprint density at radius 3 is 2.75 bits per heavy atom. The molecule has 1 unspecified atom stereocenters. The van der Waals surface area contributed by atoms with E-state index < -0.39 is 6.10 Å². The van der Waals surface area contributed by atoms with Gasteiger partial charge in [0, 0.05) is 31.7 Å². The fourth-order valence-electron chi connectivity index (χ4n) is 3.95. The second-order valence-electron chi connectivity index (χ2n) is 8.01. The second-order valence-corrected chi connectivity index (χ2v) is 8.01. The fourth-order valence-corrected chi connectivity index (χ4v) is 3.95. The van der Waals surface area contributed by atoms with Crippen LogP contribution in [-0.4, -0.2) is 59.5 Å². The van der Waals surface area contributed by atoms with Gasteiger partial charge in [0.2, 0.25) is 0 Å². The van der Waals surface area contributed by atoms with E-state index in [0.29, 0.717) is 19.2 Å². The van der Waals surface area contributed by atoms with Gasteiger partial charge in [-0.05, 0) is 44.6 Å². The first-order valence-electron chi connectivity index (χ1n) is 10.3. The van der Waals surface area contributed by atoms with Crippen molar-refractivity contribution < 1.29 is 14.4 Å². The van der Waals surface area contributed by atoms with Crippen molar-refractivity contribution in [2.45, 2.75) is 57.3 Å². The van der Waals surface area contributed by atoms with E-state index in [1.807, 2.05) is 31.3 Å². The van der Waals surface area contributed by atoms with Crippen molar-refractivity contribution in [3.8, 4) is 5.75 Å². The zero-order valence-corrected chi connectivity index (χ0v) is 17.1. The largest absolute Gasteiger partial charge is 0.491 e. The van der Waals surface area contributed by atoms with Crippen LogP contribution in [0, 0.1) is 0 Å². The Kier molecular flexibility index (Phi) is 7.89. The monoisotopic (exact) mass is 387 g/mol. The summed E-state index contributed by atoms with van der Waals surface area (Å²) in [5, 5.41) is 14.3. The summed E-state index contributed by atoms with van der Waals surface area (Å²) in [4.78, 5) is 4.47. The van der Waals surface area contributed by atoms with E-state index in [-0.39, 0.29) is 0 Å². The molecule has 0 bridgehead atoms. The number of aromatic nitrogens is 1. The number of aliphatic hydroxyl groups excluding tert-OH is 1. The molecule has 1 fully saturated rings. The van der Waals surface area contributed by atoms with Gasteiger partial charge in [-0.2, -0.15) is 0 Å². The molecule has 0 aliphatic heterocycles. The van der Waals surface area contributed by atoms with Gasteiger partial charge in [-0.3, -0.25) is 4.90 Å². The minimum absolute atomic E-state index is 0.315. The topological polar surface area (TPSA) is 62.0 Å². The van der Waals surface area contributed by atoms with Gasteiger partial charge < -0.3 is 19.3 Å². The summed E-state index contributed by atoms with van der Waals surface area (Å²) in [5.74, 6) is 0.798. The van der Waals surface area contributed by atoms with E-state index in [9.17, 15) is 5.11 Å². The van der Waals surface area contributed by atoms with Gasteiger partial charge in [0.15, 0.2) is 0 Å². The Morgan fingerprint density at radius 1 is 1.18 bits per heavy atom. The Hall–Kier alpha value is -1.89. The lowest BCUT2D eigenvalue weighted by Crippen LogP contribution is -2.40. The van der Waals surface area contributed by atoms with Gasteiger partial charge in [-0.1, -0.05) is 36.6 Å². The van der Waals surface area contributed by atoms with E-state index in [0.717, 1.165) is 30.1 Å². The quantitative estimate of drug-likeness (QED) is 0.675. The summed E-state index contributed by atoms with van der Waals surface area (Å²) in [6.45, 7) is 2.49. The lowest BCUT2D eigenvalue weighted by Gasteiger charge is -2.32. The van der Waals surface area contributed by atoms with Crippen LogP contribution in [0.4, 0.5) is 0 Å². The molecule has 6 heteroatoms. The summed E-state index contributed by atoms with van der Waals surface area (Å²) in [6.07, 6.45) is 7.56. The highest BCUT2D eigenvalue weighted by Gasteiger charge is 2.20. The summed E-state index contributed by atoms with van der Waals surface area (Å²) in [6, 6.07) is 10.5. The highest BCUT2D eigenvalue weighted by molar-refractivity contribution is 5.28. The third-order valence-corrected chi connectivity index (χ3v) is 5.41. The Balaban J connectivity index is 1.43. The predicted molar refractivity (Wildman–Crippen MR) is 109 cm³/mol. The number of aliphatic hydroxyl groups is 1. The number of nitrogens with zero attached hydrogens (tertiary/aromatic N) is 3. The minimum Gasteiger partial charge on any atom is -0.491 e. The van der Waals surface area contributed by atoms with Crippen LogP contribution in [0.2, 0.25) is 0 Å². The van der Waals surface area contributed by atoms with Gasteiger partial charge in [-0.25, -0.2) is 0 Å². The molecular formula is C22H33N3O3. The zero-order valence-electron chi connectivity index (χ0n) is 17.1. The first-order chi connectivity index (χ1) is 13.6. The molecule has 1 N–H and O–H groups in total. The van der Waals surface area contributed by atoms with Crippen LogP contribution >= 0.6 is 0 Å². The highest BCUT2D eigenvalue weighted by atomic mass is 16.5. The van der Waals surface area contributed by atoms with Crippen molar-refractivity contribution in [2.24, 2.45) is 0 Å². The standard InChI is InChI=1S/C22H33N3O3/c1-24(15-19-11-12-28-23-19)14-18-7-6-10-22(13-18)27-17-21(26)16-25(2)20-8-4-3-5-9-20/h6-7,10-13,20-21,26H,3-5,8-9,14-17H2,1-2H3. The molecule has 28 heavy (non-hydrogen) atoms. The average molecular weight is 388 g/mol. The molecule has 6 nitrogen and oxygen atoms in total. The van der Waals surface area contributed by atoms with Gasteiger partial charge in [0.25, 0.3) is 0 Å². The van der Waals surface area contributed by atoms with E-state index in [1.54, 1.807) is 6.26 Å². The number of hydrogen-bond donors (Lipinski definition) is 1. The minimum atomic E-state index is -0.481. The lowest BCUT2D eigenvalue weighted by atomic mass is 9.94. The Labute approximate surface area is 168 Å². The summed E-state index contributed by atoms with van der Waals surface area (Å²) < 4.78 is 10.7. The molecule has 1 aliphatic carbocycles. The number of likely N-dealkylation sites (N-methyl/N-ethyl adjacent to an activating group) is 1. The lowest BCUT2D eigenvalue weighted by molar-refractivity contribution is 0.0561. The number of hydrogen-bond acceptors (Lipinski definition) is 6. The normalized spacial score (nSPS) is 16.6. The SMILES string of the molecule is CN(Cc1cccc(OCC(O)CN(C)C2CCCCC2)c1)Cc1ccon1. The molecule has 2 aromatic rings. The Morgan fingerprint density at radius 2 is 2.00 bits per heavy atom. The second kappa shape index (κ2) is 10.6. The van der Waals surface area contributed by atoms with Crippen molar-refractivity contribution in [1.82, 2.24) is 15.0 Å². The van der Waals surface area contributed by atoms with E-state index in [1.165, 1.54) is 32.1 Å². The maximum Gasteiger partial charge on any atom is 0.124 e. The van der Waals surface area contributed by atoms with E-state index >= 15 is 0 Å². The van der Waals surface area contributed by atoms with Crippen LogP contribution in [0.25, 0.3) is 0 Å². The molecule has 1 atom stereocenters. The number of rotatable bonds is 10.